The fourth-order valence-corrected chi connectivity index (χ4v) is 4.35. The first-order valence-electron chi connectivity index (χ1n) is 12.7. The van der Waals surface area contributed by atoms with E-state index in [1.165, 1.54) is 0 Å². The Morgan fingerprint density at radius 3 is 2.54 bits per heavy atom. The van der Waals surface area contributed by atoms with E-state index in [-0.39, 0.29) is 61.7 Å². The number of rotatable bonds is 13. The summed E-state index contributed by atoms with van der Waals surface area (Å²) in [6, 6.07) is 21.0. The molecule has 0 unspecified atom stereocenters. The number of hydrogen-bond donors (Lipinski definition) is 4. The second-order valence-electron chi connectivity index (χ2n) is 9.23. The van der Waals surface area contributed by atoms with Gasteiger partial charge < -0.3 is 35.5 Å². The van der Waals surface area contributed by atoms with Gasteiger partial charge in [-0.15, -0.1) is 0 Å². The van der Waals surface area contributed by atoms with Gasteiger partial charge in [-0.3, -0.25) is 9.78 Å². The second kappa shape index (κ2) is 15.8. The predicted molar refractivity (Wildman–Crippen MR) is 149 cm³/mol. The molecule has 9 nitrogen and oxygen atoms in total. The van der Waals surface area contributed by atoms with Gasteiger partial charge in [0, 0.05) is 53.7 Å². The number of halogens is 1. The number of carbonyl (C=O) groups excluding carboxylic acids is 2. The maximum absolute atomic E-state index is 12.3. The van der Waals surface area contributed by atoms with Gasteiger partial charge in [-0.25, -0.2) is 0 Å². The minimum atomic E-state index is -1.23. The molecule has 208 valence electrons. The SMILES string of the molecule is O=C([O-])CCNC(=O)c1ccc2c(Oc3ccc(C[C@@H](CO)NC[C@H](O)c4cccc(Cl)c4)cc3)ccnc2c1.[Na+]. The summed E-state index contributed by atoms with van der Waals surface area (Å²) in [5.41, 5.74) is 2.59. The van der Waals surface area contributed by atoms with Crippen LogP contribution in [-0.2, 0) is 11.2 Å². The molecule has 4 rings (SSSR count). The number of aliphatic carboxylic acids is 1. The number of hydrogen-bond acceptors (Lipinski definition) is 8. The van der Waals surface area contributed by atoms with Gasteiger partial charge >= 0.3 is 29.6 Å². The fraction of sp³-hybridized carbons (Fsp3) is 0.233. The quantitative estimate of drug-likeness (QED) is 0.158. The third-order valence-electron chi connectivity index (χ3n) is 6.27. The van der Waals surface area contributed by atoms with Gasteiger partial charge in [0.05, 0.1) is 18.2 Å². The number of nitrogens with one attached hydrogen (secondary N) is 2. The van der Waals surface area contributed by atoms with E-state index in [0.717, 1.165) is 5.56 Å². The van der Waals surface area contributed by atoms with Crippen LogP contribution in [0.15, 0.2) is 79.0 Å². The summed E-state index contributed by atoms with van der Waals surface area (Å²) in [5, 5.41) is 37.8. The Morgan fingerprint density at radius 2 is 1.83 bits per heavy atom. The van der Waals surface area contributed by atoms with Crippen molar-refractivity contribution in [3.63, 3.8) is 0 Å². The number of fused-ring (bicyclic) bond motifs is 1. The number of carboxylic acid groups (broad SMARTS) is 1. The number of aliphatic hydroxyl groups excluding tert-OH is 2. The first-order valence-corrected chi connectivity index (χ1v) is 13.1. The summed E-state index contributed by atoms with van der Waals surface area (Å²) in [6.07, 6.45) is 1.11. The van der Waals surface area contributed by atoms with Gasteiger partial charge in [0.1, 0.15) is 11.5 Å². The van der Waals surface area contributed by atoms with Crippen molar-refractivity contribution in [2.75, 3.05) is 19.7 Å². The predicted octanol–water partition coefficient (Wildman–Crippen LogP) is -0.219. The normalized spacial score (nSPS) is 12.3. The van der Waals surface area contributed by atoms with Gasteiger partial charge in [0.15, 0.2) is 0 Å². The summed E-state index contributed by atoms with van der Waals surface area (Å²) in [7, 11) is 0. The monoisotopic (exact) mass is 585 g/mol. The molecule has 4 aromatic rings. The number of benzene rings is 3. The average Bonchev–Trinajstić information content (AvgIpc) is 2.95. The zero-order valence-electron chi connectivity index (χ0n) is 22.5. The van der Waals surface area contributed by atoms with Gasteiger partial charge in [0.25, 0.3) is 5.91 Å². The Bertz CT molecular complexity index is 1470. The molecule has 0 aliphatic carbocycles. The molecular formula is C30H29ClN3NaO6. The van der Waals surface area contributed by atoms with Crippen molar-refractivity contribution in [3.05, 3.63) is 101 Å². The Morgan fingerprint density at radius 1 is 1.05 bits per heavy atom. The van der Waals surface area contributed by atoms with Crippen molar-refractivity contribution in [1.82, 2.24) is 15.6 Å². The molecule has 11 heteroatoms. The first-order chi connectivity index (χ1) is 19.3. The Hall–Kier alpha value is -3.02. The maximum Gasteiger partial charge on any atom is 1.00 e. The number of aromatic nitrogens is 1. The fourth-order valence-electron chi connectivity index (χ4n) is 4.15. The van der Waals surface area contributed by atoms with Crippen LogP contribution in [0.3, 0.4) is 0 Å². The van der Waals surface area contributed by atoms with E-state index in [2.05, 4.69) is 15.6 Å². The summed E-state index contributed by atoms with van der Waals surface area (Å²) < 4.78 is 6.09. The van der Waals surface area contributed by atoms with Crippen molar-refractivity contribution < 1.29 is 59.2 Å². The third-order valence-corrected chi connectivity index (χ3v) is 6.50. The zero-order chi connectivity index (χ0) is 28.5. The Labute approximate surface area is 264 Å². The van der Waals surface area contributed by atoms with Crippen LogP contribution < -0.4 is 50.0 Å². The first kappa shape index (κ1) is 32.5. The van der Waals surface area contributed by atoms with Crippen LogP contribution in [0.1, 0.15) is 34.0 Å². The molecule has 41 heavy (non-hydrogen) atoms. The number of nitrogens with zero attached hydrogens (tertiary/aromatic N) is 1. The molecule has 0 radical (unpaired) electrons. The van der Waals surface area contributed by atoms with Crippen molar-refractivity contribution in [2.24, 2.45) is 0 Å². The minimum Gasteiger partial charge on any atom is -0.550 e. The molecule has 0 saturated heterocycles. The van der Waals surface area contributed by atoms with E-state index in [1.807, 2.05) is 24.3 Å². The largest absolute Gasteiger partial charge is 1.00 e. The summed E-state index contributed by atoms with van der Waals surface area (Å²) in [4.78, 5) is 27.2. The van der Waals surface area contributed by atoms with Crippen LogP contribution in [0, 0.1) is 0 Å². The summed E-state index contributed by atoms with van der Waals surface area (Å²) in [5.74, 6) is -0.469. The topological polar surface area (TPSA) is 144 Å². The van der Waals surface area contributed by atoms with Gasteiger partial charge in [-0.1, -0.05) is 35.9 Å². The molecule has 0 spiro atoms. The molecule has 2 atom stereocenters. The van der Waals surface area contributed by atoms with Crippen molar-refractivity contribution in [1.29, 1.82) is 0 Å². The smallest absolute Gasteiger partial charge is 0.550 e. The molecule has 0 aliphatic rings. The number of carbonyl (C=O) groups is 2. The molecular weight excluding hydrogens is 557 g/mol. The maximum atomic E-state index is 12.3. The van der Waals surface area contributed by atoms with E-state index in [9.17, 15) is 24.9 Å². The standard InChI is InChI=1S/C30H30ClN3O6.Na/c31-22-3-1-2-20(15-22)27(36)17-34-23(18-35)14-19-4-7-24(8-5-19)40-28-10-12-32-26-16-21(6-9-25(26)28)30(39)33-13-11-29(37)38;/h1-10,12,15-16,23,27,34-36H,11,13-14,17-18H2,(H,33,39)(H,37,38);/q;+1/p-1/t23-,27-;/m0./s1. The van der Waals surface area contributed by atoms with Crippen molar-refractivity contribution >= 4 is 34.4 Å². The number of aliphatic hydroxyl groups is 2. The van der Waals surface area contributed by atoms with Gasteiger partial charge in [0.2, 0.25) is 0 Å². The van der Waals surface area contributed by atoms with Crippen LogP contribution in [0.25, 0.3) is 10.9 Å². The molecule has 0 aliphatic heterocycles. The van der Waals surface area contributed by atoms with Crippen molar-refractivity contribution in [3.8, 4) is 11.5 Å². The van der Waals surface area contributed by atoms with Crippen molar-refractivity contribution in [2.45, 2.75) is 25.0 Å². The molecule has 0 bridgehead atoms. The minimum absolute atomic E-state index is 0. The molecule has 0 saturated carbocycles. The van der Waals surface area contributed by atoms with E-state index in [0.29, 0.717) is 45.0 Å². The third kappa shape index (κ3) is 9.51. The molecule has 1 amide bonds. The van der Waals surface area contributed by atoms with E-state index < -0.39 is 18.0 Å². The van der Waals surface area contributed by atoms with Crippen LogP contribution >= 0.6 is 11.6 Å². The summed E-state index contributed by atoms with van der Waals surface area (Å²) in [6.45, 7) is 0.150. The number of carboxylic acids is 1. The molecule has 1 aromatic heterocycles. The number of ether oxygens (including phenoxy) is 1. The Balaban J connectivity index is 0.00000462. The molecule has 3 aromatic carbocycles. The van der Waals surface area contributed by atoms with E-state index >= 15 is 0 Å². The van der Waals surface area contributed by atoms with Gasteiger partial charge in [-0.05, 0) is 66.1 Å². The van der Waals surface area contributed by atoms with Crippen LogP contribution in [0.5, 0.6) is 11.5 Å². The number of amides is 1. The van der Waals surface area contributed by atoms with Gasteiger partial charge in [-0.2, -0.15) is 0 Å². The molecule has 4 N–H and O–H groups in total. The average molecular weight is 586 g/mol. The van der Waals surface area contributed by atoms with Crippen LogP contribution in [0.4, 0.5) is 0 Å². The van der Waals surface area contributed by atoms with E-state index in [1.54, 1.807) is 54.7 Å². The van der Waals surface area contributed by atoms with E-state index in [4.69, 9.17) is 16.3 Å². The van der Waals surface area contributed by atoms with Crippen LogP contribution in [0.2, 0.25) is 5.02 Å². The molecule has 1 heterocycles. The summed E-state index contributed by atoms with van der Waals surface area (Å²) >= 11 is 6.00. The van der Waals surface area contributed by atoms with Crippen LogP contribution in [-0.4, -0.2) is 52.8 Å². The molecule has 0 fully saturated rings. The zero-order valence-corrected chi connectivity index (χ0v) is 25.3. The second-order valence-corrected chi connectivity index (χ2v) is 9.66. The Kier molecular flexibility index (Phi) is 12.6. The number of pyridine rings is 1.